The van der Waals surface area contributed by atoms with Crippen molar-refractivity contribution in [2.75, 3.05) is 0 Å². The fourth-order valence-corrected chi connectivity index (χ4v) is 9.61. The topological polar surface area (TPSA) is 35.6 Å². The largest absolute Gasteiger partial charge is 0.309 e. The van der Waals surface area contributed by atoms with Crippen LogP contribution in [-0.2, 0) is 27.1 Å². The monoisotopic (exact) mass is 883 g/mol. The maximum Gasteiger partial charge on any atom is 0.111 e. The summed E-state index contributed by atoms with van der Waals surface area (Å²) in [6, 6.07) is 48.1. The number of aromatic nitrogens is 4. The Morgan fingerprint density at radius 1 is 0.388 bits per heavy atom. The molecule has 9 aromatic rings. The van der Waals surface area contributed by atoms with Gasteiger partial charge < -0.3 is 4.57 Å². The van der Waals surface area contributed by atoms with Gasteiger partial charge >= 0.3 is 0 Å². The first-order chi connectivity index (χ1) is 31.3. The Kier molecular flexibility index (Phi) is 10.9. The van der Waals surface area contributed by atoms with Gasteiger partial charge in [-0.15, -0.1) is 0 Å². The Labute approximate surface area is 400 Å². The van der Waals surface area contributed by atoms with E-state index >= 15 is 0 Å². The van der Waals surface area contributed by atoms with Crippen LogP contribution >= 0.6 is 0 Å². The van der Waals surface area contributed by atoms with Gasteiger partial charge in [0.05, 0.1) is 27.8 Å². The van der Waals surface area contributed by atoms with E-state index in [-0.39, 0.29) is 27.1 Å². The number of para-hydroxylation sites is 2. The van der Waals surface area contributed by atoms with Gasteiger partial charge in [0, 0.05) is 45.0 Å². The van der Waals surface area contributed by atoms with Crippen molar-refractivity contribution in [1.29, 1.82) is 0 Å². The van der Waals surface area contributed by atoms with Gasteiger partial charge in [-0.05, 0) is 152 Å². The molecule has 0 spiro atoms. The van der Waals surface area contributed by atoms with E-state index in [0.717, 1.165) is 56.2 Å². The second kappa shape index (κ2) is 15.9. The molecule has 0 fully saturated rings. The van der Waals surface area contributed by atoms with E-state index in [0.29, 0.717) is 0 Å². The van der Waals surface area contributed by atoms with E-state index < -0.39 is 0 Å². The highest BCUT2D eigenvalue weighted by molar-refractivity contribution is 6.14. The lowest BCUT2D eigenvalue weighted by Crippen LogP contribution is -2.17. The van der Waals surface area contributed by atoms with Gasteiger partial charge in [0.25, 0.3) is 0 Å². The molecular weight excluding hydrogens is 813 g/mol. The molecule has 0 N–H and O–H groups in total. The summed E-state index contributed by atoms with van der Waals surface area (Å²) in [6.45, 7) is 36.7. The Balaban J connectivity index is 1.26. The van der Waals surface area contributed by atoms with E-state index in [1.807, 2.05) is 6.20 Å². The average molecular weight is 883 g/mol. The molecule has 0 bridgehead atoms. The van der Waals surface area contributed by atoms with Crippen molar-refractivity contribution >= 4 is 32.8 Å². The molecule has 0 saturated carbocycles. The molecule has 0 aliphatic carbocycles. The molecule has 0 amide bonds. The van der Waals surface area contributed by atoms with Crippen LogP contribution in [0.25, 0.3) is 77.7 Å². The van der Waals surface area contributed by atoms with Crippen LogP contribution in [0, 0.1) is 6.92 Å². The number of nitrogens with zero attached hydrogens (tertiary/aromatic N) is 4. The summed E-state index contributed by atoms with van der Waals surface area (Å²) < 4.78 is 4.83. The lowest BCUT2D eigenvalue weighted by molar-refractivity contribution is 0.567. The predicted molar refractivity (Wildman–Crippen MR) is 288 cm³/mol. The van der Waals surface area contributed by atoms with Crippen molar-refractivity contribution < 1.29 is 0 Å². The summed E-state index contributed by atoms with van der Waals surface area (Å²) in [5, 5.41) is 2.55. The molecular formula is C63H70N4. The summed E-state index contributed by atoms with van der Waals surface area (Å²) in [4.78, 5) is 10.5. The predicted octanol–water partition coefficient (Wildman–Crippen LogP) is 17.3. The zero-order chi connectivity index (χ0) is 48.2. The maximum atomic E-state index is 5.37. The molecule has 0 unspecified atom stereocenters. The molecule has 342 valence electrons. The lowest BCUT2D eigenvalue weighted by Gasteiger charge is -2.26. The van der Waals surface area contributed by atoms with E-state index in [1.54, 1.807) is 0 Å². The van der Waals surface area contributed by atoms with Gasteiger partial charge in [-0.2, -0.15) is 0 Å². The smallest absolute Gasteiger partial charge is 0.111 e. The second-order valence-corrected chi connectivity index (χ2v) is 24.2. The van der Waals surface area contributed by atoms with Crippen LogP contribution in [0.4, 0.5) is 0 Å². The third kappa shape index (κ3) is 8.54. The molecule has 0 radical (unpaired) electrons. The highest BCUT2D eigenvalue weighted by atomic mass is 15.1. The molecule has 3 heterocycles. The molecule has 4 nitrogen and oxygen atoms in total. The summed E-state index contributed by atoms with van der Waals surface area (Å²) in [5.74, 6) is 0.973. The van der Waals surface area contributed by atoms with Gasteiger partial charge in [-0.3, -0.25) is 9.55 Å². The molecule has 3 aromatic heterocycles. The van der Waals surface area contributed by atoms with Crippen molar-refractivity contribution in [3.8, 4) is 44.9 Å². The summed E-state index contributed by atoms with van der Waals surface area (Å²) in [7, 11) is 0. The molecule has 67 heavy (non-hydrogen) atoms. The number of hydrogen-bond donors (Lipinski definition) is 0. The number of imidazole rings is 1. The van der Waals surface area contributed by atoms with Crippen molar-refractivity contribution in [2.24, 2.45) is 0 Å². The minimum atomic E-state index is -0.113. The zero-order valence-corrected chi connectivity index (χ0v) is 43.0. The van der Waals surface area contributed by atoms with Gasteiger partial charge in [-0.1, -0.05) is 152 Å². The normalized spacial score (nSPS) is 13.1. The van der Waals surface area contributed by atoms with Gasteiger partial charge in [0.15, 0.2) is 0 Å². The fraction of sp³-hybridized carbons (Fsp3) is 0.333. The van der Waals surface area contributed by atoms with Crippen molar-refractivity contribution in [3.05, 3.63) is 167 Å². The minimum absolute atomic E-state index is 0.00153. The number of fused-ring (bicyclic) bond motifs is 4. The molecule has 0 aliphatic heterocycles. The SMILES string of the molecule is Cc1nc2c(-c3cc(-c4cc(-c5cc(C(C)(C)C)cc6c7cc(C(C)(C)C)ccc7n(-c7ccccc7)c56)ccn4)cc(C(C)(C)C)c3)cccc2n1-c1cc(C(C)(C)C)cc(C(C)(C)C)c1. The van der Waals surface area contributed by atoms with Gasteiger partial charge in [0.2, 0.25) is 0 Å². The third-order valence-electron chi connectivity index (χ3n) is 13.8. The number of pyridine rings is 1. The maximum absolute atomic E-state index is 5.37. The van der Waals surface area contributed by atoms with E-state index in [9.17, 15) is 0 Å². The Hall–Kier alpha value is -6.26. The van der Waals surface area contributed by atoms with Crippen molar-refractivity contribution in [1.82, 2.24) is 19.1 Å². The van der Waals surface area contributed by atoms with Crippen LogP contribution in [0.15, 0.2) is 134 Å². The van der Waals surface area contributed by atoms with Gasteiger partial charge in [-0.25, -0.2) is 4.98 Å². The van der Waals surface area contributed by atoms with Gasteiger partial charge in [0.1, 0.15) is 5.82 Å². The van der Waals surface area contributed by atoms with Crippen LogP contribution in [0.1, 0.15) is 137 Å². The number of aryl methyl sites for hydroxylation is 1. The highest BCUT2D eigenvalue weighted by Crippen LogP contribution is 2.44. The molecule has 0 atom stereocenters. The first-order valence-corrected chi connectivity index (χ1v) is 24.2. The quantitative estimate of drug-likeness (QED) is 0.173. The second-order valence-electron chi connectivity index (χ2n) is 24.2. The zero-order valence-electron chi connectivity index (χ0n) is 43.0. The summed E-state index contributed by atoms with van der Waals surface area (Å²) >= 11 is 0. The fourth-order valence-electron chi connectivity index (χ4n) is 9.61. The van der Waals surface area contributed by atoms with E-state index in [4.69, 9.17) is 9.97 Å². The Bertz CT molecular complexity index is 3320. The van der Waals surface area contributed by atoms with Crippen molar-refractivity contribution in [2.45, 2.75) is 138 Å². The Morgan fingerprint density at radius 2 is 0.970 bits per heavy atom. The minimum Gasteiger partial charge on any atom is -0.309 e. The molecule has 9 rings (SSSR count). The first-order valence-electron chi connectivity index (χ1n) is 24.2. The van der Waals surface area contributed by atoms with E-state index in [1.165, 1.54) is 55.2 Å². The molecule has 0 saturated heterocycles. The Morgan fingerprint density at radius 3 is 1.60 bits per heavy atom. The van der Waals surface area contributed by atoms with Crippen LogP contribution < -0.4 is 0 Å². The number of rotatable bonds is 5. The molecule has 6 aromatic carbocycles. The first kappa shape index (κ1) is 45.9. The average Bonchev–Trinajstić information content (AvgIpc) is 3.78. The molecule has 0 aliphatic rings. The van der Waals surface area contributed by atoms with E-state index in [2.05, 4.69) is 247 Å². The lowest BCUT2D eigenvalue weighted by atomic mass is 9.80. The van der Waals surface area contributed by atoms with Crippen LogP contribution in [0.3, 0.4) is 0 Å². The van der Waals surface area contributed by atoms with Crippen molar-refractivity contribution in [3.63, 3.8) is 0 Å². The van der Waals surface area contributed by atoms with Crippen LogP contribution in [-0.4, -0.2) is 19.1 Å². The van der Waals surface area contributed by atoms with Crippen LogP contribution in [0.2, 0.25) is 0 Å². The summed E-state index contributed by atoms with van der Waals surface area (Å²) in [6.07, 6.45) is 2.00. The number of hydrogen-bond acceptors (Lipinski definition) is 2. The number of benzene rings is 6. The third-order valence-corrected chi connectivity index (χ3v) is 13.8. The van der Waals surface area contributed by atoms with Crippen LogP contribution in [0.5, 0.6) is 0 Å². The summed E-state index contributed by atoms with van der Waals surface area (Å²) in [5.41, 5.74) is 19.8. The molecule has 4 heteroatoms. The highest BCUT2D eigenvalue weighted by Gasteiger charge is 2.27. The standard InChI is InChI=1S/C63H70N4/c1-39-65-57-50(23-20-24-56(57)66(39)49-34-45(61(8,9)10)33-46(35-49)62(11,12)13)41-29-42(31-44(30-41)60(5,6)7)54-32-40(27-28-64-54)51-37-47(63(14,15)16)38-53-52-36-43(59(2,3)4)25-26-55(52)67(58(51)53)48-21-18-17-19-22-48/h17-38H,1-16H3.